The fourth-order valence-corrected chi connectivity index (χ4v) is 6.17. The van der Waals surface area contributed by atoms with E-state index in [1.165, 1.54) is 22.9 Å². The Kier molecular flexibility index (Phi) is 7.08. The van der Waals surface area contributed by atoms with Gasteiger partial charge in [0.05, 0.1) is 23.0 Å². The van der Waals surface area contributed by atoms with Gasteiger partial charge in [-0.05, 0) is 49.6 Å². The van der Waals surface area contributed by atoms with Gasteiger partial charge in [0.15, 0.2) is 15.0 Å². The van der Waals surface area contributed by atoms with E-state index in [4.69, 9.17) is 4.98 Å². The molecule has 178 valence electrons. The maximum absolute atomic E-state index is 12.4. The Labute approximate surface area is 203 Å². The number of imidazole rings is 1. The molecular formula is C24H26N4O4S2. The van der Waals surface area contributed by atoms with Gasteiger partial charge in [-0.25, -0.2) is 18.2 Å². The standard InChI is InChI=1S/C24H26N4O4S2/c1-16-8-9-18(12-17(16)2)21-13-28(20-6-4-3-5-7-20)24(26-21)33-14-22(29)27-23(30)25-19-10-11-34(31,32)15-19/h3-9,12-13,19H,10-11,14-15H2,1-2H3,(H2,25,27,29,30)/t19-/m0/s1. The van der Waals surface area contributed by atoms with Gasteiger partial charge in [-0.3, -0.25) is 14.7 Å². The fraction of sp³-hybridized carbons (Fsp3) is 0.292. The molecule has 0 radical (unpaired) electrons. The summed E-state index contributed by atoms with van der Waals surface area (Å²) in [4.78, 5) is 29.2. The number of benzene rings is 2. The van der Waals surface area contributed by atoms with Gasteiger partial charge in [-0.1, -0.05) is 42.1 Å². The fourth-order valence-electron chi connectivity index (χ4n) is 3.70. The van der Waals surface area contributed by atoms with Crippen LogP contribution in [0.15, 0.2) is 59.9 Å². The minimum absolute atomic E-state index is 0.0212. The lowest BCUT2D eigenvalue weighted by Crippen LogP contribution is -2.45. The molecule has 0 aliphatic carbocycles. The van der Waals surface area contributed by atoms with E-state index < -0.39 is 27.8 Å². The smallest absolute Gasteiger partial charge is 0.321 e. The molecule has 1 aromatic heterocycles. The van der Waals surface area contributed by atoms with Gasteiger partial charge in [0.25, 0.3) is 0 Å². The lowest BCUT2D eigenvalue weighted by Gasteiger charge is -2.11. The Morgan fingerprint density at radius 2 is 1.88 bits per heavy atom. The molecule has 3 amide bonds. The molecule has 0 saturated carbocycles. The highest BCUT2D eigenvalue weighted by molar-refractivity contribution is 7.99. The molecule has 1 atom stereocenters. The number of carbonyl (C=O) groups excluding carboxylic acids is 2. The number of urea groups is 1. The number of sulfone groups is 1. The van der Waals surface area contributed by atoms with E-state index in [9.17, 15) is 18.0 Å². The summed E-state index contributed by atoms with van der Waals surface area (Å²) in [6.45, 7) is 4.11. The molecule has 4 rings (SSSR count). The van der Waals surface area contributed by atoms with E-state index in [1.54, 1.807) is 0 Å². The summed E-state index contributed by atoms with van der Waals surface area (Å²) >= 11 is 1.22. The van der Waals surface area contributed by atoms with Crippen LogP contribution < -0.4 is 10.6 Å². The number of nitrogens with one attached hydrogen (secondary N) is 2. The van der Waals surface area contributed by atoms with Gasteiger partial charge in [0, 0.05) is 23.5 Å². The SMILES string of the molecule is Cc1ccc(-c2cn(-c3ccccc3)c(SCC(=O)NC(=O)N[C@H]3CCS(=O)(=O)C3)n2)cc1C. The van der Waals surface area contributed by atoms with Crippen molar-refractivity contribution in [2.75, 3.05) is 17.3 Å². The third-order valence-corrected chi connectivity index (χ3v) is 8.38. The van der Waals surface area contributed by atoms with Crippen molar-refractivity contribution in [3.8, 4) is 16.9 Å². The van der Waals surface area contributed by atoms with Crippen molar-refractivity contribution < 1.29 is 18.0 Å². The number of nitrogens with zero attached hydrogens (tertiary/aromatic N) is 2. The molecule has 1 aliphatic rings. The quantitative estimate of drug-likeness (QED) is 0.505. The molecule has 2 N–H and O–H groups in total. The van der Waals surface area contributed by atoms with E-state index >= 15 is 0 Å². The lowest BCUT2D eigenvalue weighted by atomic mass is 10.0. The predicted molar refractivity (Wildman–Crippen MR) is 133 cm³/mol. The molecule has 0 bridgehead atoms. The highest BCUT2D eigenvalue weighted by Crippen LogP contribution is 2.28. The second kappa shape index (κ2) is 10.0. The number of para-hydroxylation sites is 1. The molecule has 10 heteroatoms. The molecule has 34 heavy (non-hydrogen) atoms. The summed E-state index contributed by atoms with van der Waals surface area (Å²) in [6.07, 6.45) is 2.29. The molecule has 1 fully saturated rings. The van der Waals surface area contributed by atoms with Crippen molar-refractivity contribution >= 4 is 33.5 Å². The van der Waals surface area contributed by atoms with Crippen LogP contribution in [-0.2, 0) is 14.6 Å². The molecule has 3 aromatic rings. The Morgan fingerprint density at radius 1 is 1.12 bits per heavy atom. The molecule has 0 spiro atoms. The molecule has 1 aliphatic heterocycles. The third-order valence-electron chi connectivity index (χ3n) is 5.66. The number of carbonyl (C=O) groups is 2. The van der Waals surface area contributed by atoms with Gasteiger partial charge < -0.3 is 5.32 Å². The second-order valence-corrected chi connectivity index (χ2v) is 11.5. The van der Waals surface area contributed by atoms with Crippen LogP contribution in [0.3, 0.4) is 0 Å². The third kappa shape index (κ3) is 5.87. The number of imide groups is 1. The van der Waals surface area contributed by atoms with E-state index in [1.807, 2.05) is 47.2 Å². The summed E-state index contributed by atoms with van der Waals surface area (Å²) < 4.78 is 25.0. The zero-order chi connectivity index (χ0) is 24.3. The number of rotatable bonds is 6. The van der Waals surface area contributed by atoms with Crippen LogP contribution in [0.25, 0.3) is 16.9 Å². The maximum atomic E-state index is 12.4. The highest BCUT2D eigenvalue weighted by Gasteiger charge is 2.29. The molecule has 1 saturated heterocycles. The first-order chi connectivity index (χ1) is 16.2. The largest absolute Gasteiger partial charge is 0.334 e. The zero-order valence-corrected chi connectivity index (χ0v) is 20.6. The molecule has 8 nitrogen and oxygen atoms in total. The summed E-state index contributed by atoms with van der Waals surface area (Å²) in [6, 6.07) is 14.7. The summed E-state index contributed by atoms with van der Waals surface area (Å²) in [7, 11) is -3.12. The van der Waals surface area contributed by atoms with Gasteiger partial charge in [0.1, 0.15) is 0 Å². The van der Waals surface area contributed by atoms with E-state index in [-0.39, 0.29) is 17.3 Å². The summed E-state index contributed by atoms with van der Waals surface area (Å²) in [5, 5.41) is 5.45. The summed E-state index contributed by atoms with van der Waals surface area (Å²) in [5.74, 6) is -0.558. The van der Waals surface area contributed by atoms with E-state index in [2.05, 4.69) is 36.6 Å². The predicted octanol–water partition coefficient (Wildman–Crippen LogP) is 3.26. The molecule has 0 unspecified atom stereocenters. The minimum Gasteiger partial charge on any atom is -0.334 e. The van der Waals surface area contributed by atoms with Crippen molar-refractivity contribution in [2.45, 2.75) is 31.5 Å². The Hall–Kier alpha value is -3.11. The summed E-state index contributed by atoms with van der Waals surface area (Å²) in [5.41, 5.74) is 5.05. The highest BCUT2D eigenvalue weighted by atomic mass is 32.2. The van der Waals surface area contributed by atoms with E-state index in [0.717, 1.165) is 16.9 Å². The molecule has 2 heterocycles. The number of aryl methyl sites for hydroxylation is 2. The average molecular weight is 499 g/mol. The van der Waals surface area contributed by atoms with Crippen LogP contribution in [0.2, 0.25) is 0 Å². The topological polar surface area (TPSA) is 110 Å². The first kappa shape index (κ1) is 24.0. The second-order valence-electron chi connectivity index (χ2n) is 8.32. The van der Waals surface area contributed by atoms with Gasteiger partial charge in [-0.15, -0.1) is 0 Å². The first-order valence-electron chi connectivity index (χ1n) is 10.9. The number of amides is 3. The Morgan fingerprint density at radius 3 is 2.56 bits per heavy atom. The van der Waals surface area contributed by atoms with Crippen molar-refractivity contribution in [3.05, 3.63) is 65.9 Å². The average Bonchev–Trinajstić information content (AvgIpc) is 3.37. The van der Waals surface area contributed by atoms with Gasteiger partial charge in [-0.2, -0.15) is 0 Å². The minimum atomic E-state index is -3.12. The number of hydrogen-bond donors (Lipinski definition) is 2. The zero-order valence-electron chi connectivity index (χ0n) is 18.9. The number of aromatic nitrogens is 2. The van der Waals surface area contributed by atoms with Crippen LogP contribution in [0, 0.1) is 13.8 Å². The maximum Gasteiger partial charge on any atom is 0.321 e. The normalized spacial score (nSPS) is 16.8. The van der Waals surface area contributed by atoms with E-state index in [0.29, 0.717) is 11.6 Å². The first-order valence-corrected chi connectivity index (χ1v) is 13.7. The van der Waals surface area contributed by atoms with Crippen LogP contribution in [0.4, 0.5) is 4.79 Å². The molecular weight excluding hydrogens is 472 g/mol. The van der Waals surface area contributed by atoms with Gasteiger partial charge >= 0.3 is 6.03 Å². The molecule has 2 aromatic carbocycles. The number of hydrogen-bond acceptors (Lipinski definition) is 6. The Balaban J connectivity index is 1.46. The van der Waals surface area contributed by atoms with Crippen LogP contribution in [-0.4, -0.2) is 53.2 Å². The van der Waals surface area contributed by atoms with Crippen LogP contribution in [0.1, 0.15) is 17.5 Å². The van der Waals surface area contributed by atoms with Gasteiger partial charge in [0.2, 0.25) is 5.91 Å². The van der Waals surface area contributed by atoms with Crippen LogP contribution >= 0.6 is 11.8 Å². The number of thioether (sulfide) groups is 1. The Bertz CT molecular complexity index is 1320. The van der Waals surface area contributed by atoms with Crippen molar-refractivity contribution in [2.24, 2.45) is 0 Å². The van der Waals surface area contributed by atoms with Crippen molar-refractivity contribution in [1.82, 2.24) is 20.2 Å². The van der Waals surface area contributed by atoms with Crippen LogP contribution in [0.5, 0.6) is 0 Å². The van der Waals surface area contributed by atoms with Crippen molar-refractivity contribution in [3.63, 3.8) is 0 Å². The lowest BCUT2D eigenvalue weighted by molar-refractivity contribution is -0.117. The van der Waals surface area contributed by atoms with Crippen molar-refractivity contribution in [1.29, 1.82) is 0 Å². The monoisotopic (exact) mass is 498 g/mol.